The molecule has 11 nitrogen and oxygen atoms in total. The van der Waals surface area contributed by atoms with Crippen molar-refractivity contribution in [2.24, 2.45) is 0 Å². The van der Waals surface area contributed by atoms with Gasteiger partial charge in [0.25, 0.3) is 5.56 Å². The van der Waals surface area contributed by atoms with Crippen LogP contribution in [0, 0.1) is 6.92 Å². The van der Waals surface area contributed by atoms with Gasteiger partial charge >= 0.3 is 5.76 Å². The Morgan fingerprint density at radius 1 is 1.04 bits per heavy atom. The van der Waals surface area contributed by atoms with Crippen LogP contribution in [-0.2, 0) is 17.6 Å². The van der Waals surface area contributed by atoms with E-state index in [0.29, 0.717) is 30.3 Å². The average molecular weight is 641 g/mol. The van der Waals surface area contributed by atoms with E-state index in [1.54, 1.807) is 13.8 Å². The van der Waals surface area contributed by atoms with Gasteiger partial charge in [0.1, 0.15) is 5.82 Å². The van der Waals surface area contributed by atoms with E-state index in [0.717, 1.165) is 72.0 Å². The van der Waals surface area contributed by atoms with Gasteiger partial charge in [-0.05, 0) is 76.0 Å². The van der Waals surface area contributed by atoms with E-state index in [9.17, 15) is 14.7 Å². The Morgan fingerprint density at radius 2 is 1.74 bits per heavy atom. The van der Waals surface area contributed by atoms with Gasteiger partial charge in [-0.25, -0.2) is 9.31 Å². The molecular formula is C36H44N6O5. The molecule has 3 aromatic heterocycles. The topological polar surface area (TPSA) is 141 Å². The minimum absolute atomic E-state index is 0.00921. The van der Waals surface area contributed by atoms with Crippen LogP contribution in [0.5, 0.6) is 0 Å². The fourth-order valence-corrected chi connectivity index (χ4v) is 6.96. The van der Waals surface area contributed by atoms with Crippen molar-refractivity contribution in [1.29, 1.82) is 0 Å². The molecule has 3 heterocycles. The number of H-pyrrole nitrogens is 1. The summed E-state index contributed by atoms with van der Waals surface area (Å²) >= 11 is 0. The average Bonchev–Trinajstić information content (AvgIpc) is 3.67. The van der Waals surface area contributed by atoms with Gasteiger partial charge < -0.3 is 9.84 Å². The number of hydrogen-bond acceptors (Lipinski definition) is 8. The standard InChI is InChI=1S/C36H44N6O5/c1-6-10-30-29(21-23-13-15-24(16-14-23)27-11-8-9-12-28(27)32-38-35(44)47-40-32)33(43)41(34-37-22(3)39-42(30)34)25-17-19-26(20-18-25)46-31(7-2)36(4,5)45/h8-9,11-16,25-26,31,45H,6-7,10,17-21H2,1-5H3,(H,38,40,44)/t25-,26-,31?. The molecule has 6 rings (SSSR count). The maximum absolute atomic E-state index is 14.5. The SMILES string of the molecule is CCCc1c(Cc2ccc(-c3ccccc3-c3noc(=O)[nH]3)cc2)c(=O)n([C@H]2CC[C@H](OC(CC)C(C)(C)O)CC2)c2nc(C)nn12. The molecule has 47 heavy (non-hydrogen) atoms. The Labute approximate surface area is 273 Å². The van der Waals surface area contributed by atoms with E-state index in [-0.39, 0.29) is 23.8 Å². The molecule has 1 saturated carbocycles. The first-order valence-corrected chi connectivity index (χ1v) is 16.7. The predicted octanol–water partition coefficient (Wildman–Crippen LogP) is 5.80. The van der Waals surface area contributed by atoms with E-state index in [1.165, 1.54) is 0 Å². The summed E-state index contributed by atoms with van der Waals surface area (Å²) in [5.74, 6) is 1.01. The summed E-state index contributed by atoms with van der Waals surface area (Å²) < 4.78 is 14.9. The van der Waals surface area contributed by atoms with Crippen LogP contribution in [0.25, 0.3) is 28.3 Å². The van der Waals surface area contributed by atoms with Crippen LogP contribution in [0.2, 0.25) is 0 Å². The molecule has 2 aromatic carbocycles. The Hall–Kier alpha value is -4.35. The molecule has 5 aromatic rings. The number of fused-ring (bicyclic) bond motifs is 1. The molecular weight excluding hydrogens is 596 g/mol. The minimum Gasteiger partial charge on any atom is -0.388 e. The summed E-state index contributed by atoms with van der Waals surface area (Å²) in [6.07, 6.45) is 5.77. The summed E-state index contributed by atoms with van der Waals surface area (Å²) in [7, 11) is 0. The Bertz CT molecular complexity index is 1950. The summed E-state index contributed by atoms with van der Waals surface area (Å²) in [4.78, 5) is 33.5. The lowest BCUT2D eigenvalue weighted by Gasteiger charge is -2.36. The van der Waals surface area contributed by atoms with Crippen LogP contribution in [-0.4, -0.2) is 52.2 Å². The second-order valence-corrected chi connectivity index (χ2v) is 13.2. The Balaban J connectivity index is 1.31. The van der Waals surface area contributed by atoms with Gasteiger partial charge in [0.05, 0.1) is 23.5 Å². The molecule has 2 N–H and O–H groups in total. The molecule has 1 atom stereocenters. The van der Waals surface area contributed by atoms with E-state index < -0.39 is 11.4 Å². The third-order valence-corrected chi connectivity index (χ3v) is 9.27. The van der Waals surface area contributed by atoms with Crippen molar-refractivity contribution < 1.29 is 14.4 Å². The summed E-state index contributed by atoms with van der Waals surface area (Å²) in [5, 5.41) is 19.2. The van der Waals surface area contributed by atoms with Crippen molar-refractivity contribution in [2.45, 2.75) is 110 Å². The number of benzene rings is 2. The first-order valence-electron chi connectivity index (χ1n) is 16.7. The molecule has 1 aliphatic rings. The molecule has 0 bridgehead atoms. The Morgan fingerprint density at radius 3 is 2.36 bits per heavy atom. The lowest BCUT2D eigenvalue weighted by Crippen LogP contribution is -2.41. The van der Waals surface area contributed by atoms with E-state index in [2.05, 4.69) is 17.1 Å². The quantitative estimate of drug-likeness (QED) is 0.185. The molecule has 1 fully saturated rings. The lowest BCUT2D eigenvalue weighted by molar-refractivity contribution is -0.128. The van der Waals surface area contributed by atoms with Gasteiger partial charge in [-0.1, -0.05) is 74.0 Å². The second-order valence-electron chi connectivity index (χ2n) is 13.2. The van der Waals surface area contributed by atoms with Gasteiger partial charge in [0, 0.05) is 23.6 Å². The lowest BCUT2D eigenvalue weighted by atomic mass is 9.91. The van der Waals surface area contributed by atoms with E-state index in [1.807, 2.05) is 71.5 Å². The highest BCUT2D eigenvalue weighted by atomic mass is 16.5. The monoisotopic (exact) mass is 640 g/mol. The first-order chi connectivity index (χ1) is 22.6. The van der Waals surface area contributed by atoms with Crippen molar-refractivity contribution in [2.75, 3.05) is 0 Å². The van der Waals surface area contributed by atoms with Crippen LogP contribution in [0.3, 0.4) is 0 Å². The predicted molar refractivity (Wildman–Crippen MR) is 180 cm³/mol. The maximum Gasteiger partial charge on any atom is 0.439 e. The van der Waals surface area contributed by atoms with Gasteiger partial charge in [0.2, 0.25) is 5.78 Å². The van der Waals surface area contributed by atoms with Crippen molar-refractivity contribution in [3.8, 4) is 22.5 Å². The highest BCUT2D eigenvalue weighted by Gasteiger charge is 2.33. The molecule has 0 spiro atoms. The van der Waals surface area contributed by atoms with Gasteiger partial charge in [-0.3, -0.25) is 18.9 Å². The van der Waals surface area contributed by atoms with Crippen molar-refractivity contribution in [3.63, 3.8) is 0 Å². The normalized spacial score (nSPS) is 17.7. The van der Waals surface area contributed by atoms with Crippen LogP contribution in [0.4, 0.5) is 0 Å². The number of aryl methyl sites for hydroxylation is 2. The minimum atomic E-state index is -0.906. The second kappa shape index (κ2) is 13.4. The third kappa shape index (κ3) is 6.73. The van der Waals surface area contributed by atoms with Crippen LogP contribution >= 0.6 is 0 Å². The highest BCUT2D eigenvalue weighted by Crippen LogP contribution is 2.34. The molecule has 0 radical (unpaired) electrons. The number of aromatic nitrogens is 6. The number of aromatic amines is 1. The fraction of sp³-hybridized carbons (Fsp3) is 0.472. The molecule has 1 aliphatic carbocycles. The number of hydrogen-bond donors (Lipinski definition) is 2. The van der Waals surface area contributed by atoms with Crippen LogP contribution in [0.15, 0.2) is 62.6 Å². The maximum atomic E-state index is 14.5. The number of nitrogens with zero attached hydrogens (tertiary/aromatic N) is 5. The molecule has 1 unspecified atom stereocenters. The molecule has 11 heteroatoms. The van der Waals surface area contributed by atoms with Gasteiger partial charge in [-0.2, -0.15) is 10.1 Å². The highest BCUT2D eigenvalue weighted by molar-refractivity contribution is 5.80. The van der Waals surface area contributed by atoms with Crippen molar-refractivity contribution in [3.05, 3.63) is 92.1 Å². The zero-order valence-corrected chi connectivity index (χ0v) is 27.8. The fourth-order valence-electron chi connectivity index (χ4n) is 6.96. The number of aliphatic hydroxyl groups is 1. The largest absolute Gasteiger partial charge is 0.439 e. The van der Waals surface area contributed by atoms with Crippen LogP contribution < -0.4 is 11.3 Å². The van der Waals surface area contributed by atoms with Crippen LogP contribution in [0.1, 0.15) is 94.9 Å². The smallest absolute Gasteiger partial charge is 0.388 e. The summed E-state index contributed by atoms with van der Waals surface area (Å²) in [6.45, 7) is 9.60. The van der Waals surface area contributed by atoms with Gasteiger partial charge in [-0.15, -0.1) is 0 Å². The number of ether oxygens (including phenoxy) is 1. The number of nitrogens with one attached hydrogen (secondary N) is 1. The van der Waals surface area contributed by atoms with Crippen molar-refractivity contribution >= 4 is 5.78 Å². The zero-order chi connectivity index (χ0) is 33.3. The molecule has 0 aliphatic heterocycles. The third-order valence-electron chi connectivity index (χ3n) is 9.27. The number of rotatable bonds is 11. The van der Waals surface area contributed by atoms with E-state index >= 15 is 0 Å². The zero-order valence-electron chi connectivity index (χ0n) is 27.8. The summed E-state index contributed by atoms with van der Waals surface area (Å²) in [6, 6.07) is 15.8. The summed E-state index contributed by atoms with van der Waals surface area (Å²) in [5.41, 5.74) is 4.36. The first kappa shape index (κ1) is 32.6. The molecule has 248 valence electrons. The van der Waals surface area contributed by atoms with E-state index in [4.69, 9.17) is 19.3 Å². The molecule has 0 amide bonds. The molecule has 0 saturated heterocycles. The Kier molecular flexibility index (Phi) is 9.29. The van der Waals surface area contributed by atoms with Crippen molar-refractivity contribution in [1.82, 2.24) is 29.3 Å². The van der Waals surface area contributed by atoms with Gasteiger partial charge in [0.15, 0.2) is 5.82 Å².